The fraction of sp³-hybridized carbons (Fsp3) is 0.529. The number of hydrogen-bond acceptors (Lipinski definition) is 4. The van der Waals surface area contributed by atoms with Gasteiger partial charge in [-0.2, -0.15) is 5.26 Å². The van der Waals surface area contributed by atoms with Crippen molar-refractivity contribution in [1.29, 1.82) is 5.26 Å². The Labute approximate surface area is 126 Å². The highest BCUT2D eigenvalue weighted by molar-refractivity contribution is 5.76. The molecule has 4 heteroatoms. The molecule has 0 unspecified atom stereocenters. The van der Waals surface area contributed by atoms with Gasteiger partial charge in [-0.25, -0.2) is 0 Å². The number of rotatable bonds is 3. The van der Waals surface area contributed by atoms with Crippen molar-refractivity contribution in [3.63, 3.8) is 0 Å². The van der Waals surface area contributed by atoms with E-state index in [1.54, 1.807) is 6.07 Å². The molecule has 0 aliphatic carbocycles. The van der Waals surface area contributed by atoms with Crippen LogP contribution in [0.1, 0.15) is 44.7 Å². The highest BCUT2D eigenvalue weighted by Gasteiger charge is 2.33. The average Bonchev–Trinajstić information content (AvgIpc) is 2.85. The maximum Gasteiger partial charge on any atom is 0.323 e. The molecule has 4 nitrogen and oxygen atoms in total. The zero-order chi connectivity index (χ0) is 15.5. The summed E-state index contributed by atoms with van der Waals surface area (Å²) in [5.41, 5.74) is 1.26. The van der Waals surface area contributed by atoms with E-state index in [2.05, 4.69) is 11.0 Å². The van der Waals surface area contributed by atoms with Crippen molar-refractivity contribution in [2.45, 2.75) is 51.8 Å². The van der Waals surface area contributed by atoms with Crippen molar-refractivity contribution in [1.82, 2.24) is 4.90 Å². The standard InChI is InChI=1S/C17H22N2O2/c1-17(2,3)21-16(20)15-8-5-9-19(15)12-14-7-4-6-13(10-14)11-18/h4,6-7,10,15H,5,8-9,12H2,1-3H3/t15-/m1/s1. The van der Waals surface area contributed by atoms with Crippen LogP contribution in [0.4, 0.5) is 0 Å². The summed E-state index contributed by atoms with van der Waals surface area (Å²) in [6.45, 7) is 7.24. The van der Waals surface area contributed by atoms with Gasteiger partial charge in [-0.1, -0.05) is 12.1 Å². The SMILES string of the molecule is CC(C)(C)OC(=O)[C@H]1CCCN1Cc1cccc(C#N)c1. The summed E-state index contributed by atoms with van der Waals surface area (Å²) in [7, 11) is 0. The maximum atomic E-state index is 12.3. The van der Waals surface area contributed by atoms with Gasteiger partial charge in [0.25, 0.3) is 0 Å². The first-order valence-electron chi connectivity index (χ1n) is 7.35. The summed E-state index contributed by atoms with van der Waals surface area (Å²) in [6.07, 6.45) is 1.84. The quantitative estimate of drug-likeness (QED) is 0.802. The minimum atomic E-state index is -0.452. The third kappa shape index (κ3) is 4.30. The molecule has 0 saturated carbocycles. The summed E-state index contributed by atoms with van der Waals surface area (Å²) in [5.74, 6) is -0.142. The van der Waals surface area contributed by atoms with E-state index in [-0.39, 0.29) is 12.0 Å². The largest absolute Gasteiger partial charge is 0.459 e. The summed E-state index contributed by atoms with van der Waals surface area (Å²) < 4.78 is 5.50. The molecule has 0 radical (unpaired) electrons. The lowest BCUT2D eigenvalue weighted by Crippen LogP contribution is -2.40. The molecule has 112 valence electrons. The fourth-order valence-corrected chi connectivity index (χ4v) is 2.63. The Morgan fingerprint density at radius 3 is 2.90 bits per heavy atom. The zero-order valence-electron chi connectivity index (χ0n) is 12.9. The van der Waals surface area contributed by atoms with E-state index in [9.17, 15) is 4.79 Å². The molecule has 1 aliphatic rings. The highest BCUT2D eigenvalue weighted by atomic mass is 16.6. The lowest BCUT2D eigenvalue weighted by Gasteiger charge is -2.27. The van der Waals surface area contributed by atoms with Crippen LogP contribution < -0.4 is 0 Å². The predicted molar refractivity (Wildman–Crippen MR) is 80.4 cm³/mol. The van der Waals surface area contributed by atoms with Crippen molar-refractivity contribution < 1.29 is 9.53 Å². The molecule has 0 amide bonds. The smallest absolute Gasteiger partial charge is 0.323 e. The topological polar surface area (TPSA) is 53.3 Å². The van der Waals surface area contributed by atoms with E-state index in [0.29, 0.717) is 12.1 Å². The number of nitrogens with zero attached hydrogens (tertiary/aromatic N) is 2. The van der Waals surface area contributed by atoms with Gasteiger partial charge in [-0.05, 0) is 57.9 Å². The molecule has 0 aromatic heterocycles. The van der Waals surface area contributed by atoms with Gasteiger partial charge < -0.3 is 4.74 Å². The number of carbonyl (C=O) groups excluding carboxylic acids is 1. The lowest BCUT2D eigenvalue weighted by atomic mass is 10.1. The Morgan fingerprint density at radius 1 is 1.48 bits per heavy atom. The number of benzene rings is 1. The molecular formula is C17H22N2O2. The van der Waals surface area contributed by atoms with Gasteiger partial charge in [0.05, 0.1) is 11.6 Å². The average molecular weight is 286 g/mol. The summed E-state index contributed by atoms with van der Waals surface area (Å²) in [6, 6.07) is 9.52. The minimum absolute atomic E-state index is 0.142. The Hall–Kier alpha value is -1.86. The van der Waals surface area contributed by atoms with Crippen LogP contribution in [0.2, 0.25) is 0 Å². The van der Waals surface area contributed by atoms with Crippen LogP contribution in [0.15, 0.2) is 24.3 Å². The number of nitriles is 1. The molecule has 1 fully saturated rings. The number of hydrogen-bond donors (Lipinski definition) is 0. The molecule has 21 heavy (non-hydrogen) atoms. The van der Waals surface area contributed by atoms with Crippen molar-refractivity contribution in [2.24, 2.45) is 0 Å². The van der Waals surface area contributed by atoms with Gasteiger partial charge in [0.15, 0.2) is 0 Å². The van der Waals surface area contributed by atoms with Gasteiger partial charge >= 0.3 is 5.97 Å². The van der Waals surface area contributed by atoms with Crippen LogP contribution >= 0.6 is 0 Å². The van der Waals surface area contributed by atoms with Crippen LogP contribution in [0.5, 0.6) is 0 Å². The molecular weight excluding hydrogens is 264 g/mol. The van der Waals surface area contributed by atoms with Gasteiger partial charge in [0.2, 0.25) is 0 Å². The highest BCUT2D eigenvalue weighted by Crippen LogP contribution is 2.23. The van der Waals surface area contributed by atoms with Crippen LogP contribution in [0.25, 0.3) is 0 Å². The normalized spacial score (nSPS) is 19.2. The molecule has 1 heterocycles. The molecule has 0 spiro atoms. The van der Waals surface area contributed by atoms with Crippen LogP contribution in [-0.2, 0) is 16.1 Å². The minimum Gasteiger partial charge on any atom is -0.459 e. The van der Waals surface area contributed by atoms with E-state index in [0.717, 1.165) is 24.9 Å². The summed E-state index contributed by atoms with van der Waals surface area (Å²) in [5, 5.41) is 8.95. The van der Waals surface area contributed by atoms with Crippen molar-refractivity contribution in [2.75, 3.05) is 6.54 Å². The molecule has 1 aliphatic heterocycles. The molecule has 0 bridgehead atoms. The molecule has 1 aromatic carbocycles. The van der Waals surface area contributed by atoms with Crippen LogP contribution in [-0.4, -0.2) is 29.1 Å². The van der Waals surface area contributed by atoms with Crippen molar-refractivity contribution in [3.8, 4) is 6.07 Å². The van der Waals surface area contributed by atoms with E-state index in [1.165, 1.54) is 0 Å². The third-order valence-corrected chi connectivity index (χ3v) is 3.48. The first kappa shape index (κ1) is 15.5. The van der Waals surface area contributed by atoms with Gasteiger partial charge in [-0.15, -0.1) is 0 Å². The molecule has 1 saturated heterocycles. The number of ether oxygens (including phenoxy) is 1. The fourth-order valence-electron chi connectivity index (χ4n) is 2.63. The zero-order valence-corrected chi connectivity index (χ0v) is 12.9. The Morgan fingerprint density at radius 2 is 2.24 bits per heavy atom. The van der Waals surface area contributed by atoms with Crippen LogP contribution in [0.3, 0.4) is 0 Å². The van der Waals surface area contributed by atoms with Gasteiger partial charge in [0, 0.05) is 6.54 Å². The Kier molecular flexibility index (Phi) is 4.64. The molecule has 1 atom stereocenters. The first-order valence-corrected chi connectivity index (χ1v) is 7.35. The lowest BCUT2D eigenvalue weighted by molar-refractivity contribution is -0.160. The monoisotopic (exact) mass is 286 g/mol. The maximum absolute atomic E-state index is 12.3. The predicted octanol–water partition coefficient (Wildman–Crippen LogP) is 2.86. The van der Waals surface area contributed by atoms with E-state index in [4.69, 9.17) is 10.00 Å². The Bertz CT molecular complexity index is 555. The summed E-state index contributed by atoms with van der Waals surface area (Å²) >= 11 is 0. The second kappa shape index (κ2) is 6.28. The third-order valence-electron chi connectivity index (χ3n) is 3.48. The number of esters is 1. The summed E-state index contributed by atoms with van der Waals surface area (Å²) in [4.78, 5) is 14.4. The van der Waals surface area contributed by atoms with E-state index in [1.807, 2.05) is 39.0 Å². The van der Waals surface area contributed by atoms with E-state index >= 15 is 0 Å². The van der Waals surface area contributed by atoms with E-state index < -0.39 is 5.60 Å². The van der Waals surface area contributed by atoms with Crippen molar-refractivity contribution in [3.05, 3.63) is 35.4 Å². The number of carbonyl (C=O) groups is 1. The second-order valence-corrected chi connectivity index (χ2v) is 6.47. The second-order valence-electron chi connectivity index (χ2n) is 6.47. The van der Waals surface area contributed by atoms with Gasteiger partial charge in [-0.3, -0.25) is 9.69 Å². The first-order chi connectivity index (χ1) is 9.89. The molecule has 0 N–H and O–H groups in total. The van der Waals surface area contributed by atoms with Gasteiger partial charge in [0.1, 0.15) is 11.6 Å². The number of likely N-dealkylation sites (tertiary alicyclic amines) is 1. The molecule has 1 aromatic rings. The van der Waals surface area contributed by atoms with Crippen LogP contribution in [0, 0.1) is 11.3 Å². The molecule has 2 rings (SSSR count). The van der Waals surface area contributed by atoms with Crippen molar-refractivity contribution >= 4 is 5.97 Å². The Balaban J connectivity index is 2.05.